The molecule has 0 aromatic rings. The minimum absolute atomic E-state index is 0.00292. The maximum Gasteiger partial charge on any atom is 0.323 e. The van der Waals surface area contributed by atoms with Crippen LogP contribution in [0.4, 0.5) is 0 Å². The molecule has 1 N–H and O–H groups in total. The number of hydrogen-bond donors (Lipinski definition) is 1. The minimum atomic E-state index is -0.142. The van der Waals surface area contributed by atoms with E-state index >= 15 is 0 Å². The number of carbonyl (C=O) groups excluding carboxylic acids is 1. The van der Waals surface area contributed by atoms with Crippen molar-refractivity contribution in [3.63, 3.8) is 0 Å². The van der Waals surface area contributed by atoms with E-state index in [1.54, 1.807) is 0 Å². The van der Waals surface area contributed by atoms with Gasteiger partial charge < -0.3 is 10.1 Å². The van der Waals surface area contributed by atoms with Gasteiger partial charge in [-0.25, -0.2) is 0 Å². The predicted octanol–water partition coefficient (Wildman–Crippen LogP) is 3.77. The highest BCUT2D eigenvalue weighted by Gasteiger charge is 2.41. The third kappa shape index (κ3) is 4.00. The summed E-state index contributed by atoms with van der Waals surface area (Å²) in [6.07, 6.45) is 5.84. The molecule has 21 heavy (non-hydrogen) atoms. The maximum atomic E-state index is 12.7. The van der Waals surface area contributed by atoms with Crippen molar-refractivity contribution >= 4 is 5.97 Å². The predicted molar refractivity (Wildman–Crippen MR) is 86.0 cm³/mol. The van der Waals surface area contributed by atoms with Crippen molar-refractivity contribution in [3.05, 3.63) is 0 Å². The first kappa shape index (κ1) is 16.8. The van der Waals surface area contributed by atoms with E-state index < -0.39 is 0 Å². The molecule has 0 bridgehead atoms. The van der Waals surface area contributed by atoms with Crippen molar-refractivity contribution in [2.24, 2.45) is 23.2 Å². The summed E-state index contributed by atoms with van der Waals surface area (Å²) >= 11 is 0. The summed E-state index contributed by atoms with van der Waals surface area (Å²) in [6.45, 7) is 12.1. The molecular weight excluding hydrogens is 262 g/mol. The molecule has 3 heteroatoms. The fraction of sp³-hybridized carbons (Fsp3) is 0.944. The first-order chi connectivity index (χ1) is 9.81. The van der Waals surface area contributed by atoms with E-state index in [9.17, 15) is 4.79 Å². The van der Waals surface area contributed by atoms with Gasteiger partial charge in [0.2, 0.25) is 0 Å². The fourth-order valence-corrected chi connectivity index (χ4v) is 4.08. The minimum Gasteiger partial charge on any atom is -0.461 e. The van der Waals surface area contributed by atoms with Crippen LogP contribution in [-0.4, -0.2) is 24.7 Å². The lowest BCUT2D eigenvalue weighted by Crippen LogP contribution is -2.53. The van der Waals surface area contributed by atoms with E-state index in [0.717, 1.165) is 25.8 Å². The summed E-state index contributed by atoms with van der Waals surface area (Å²) in [7, 11) is 0. The highest BCUT2D eigenvalue weighted by molar-refractivity contribution is 5.77. The van der Waals surface area contributed by atoms with Crippen molar-refractivity contribution in [1.29, 1.82) is 0 Å². The number of rotatable bonds is 3. The second-order valence-electron chi connectivity index (χ2n) is 8.28. The quantitative estimate of drug-likeness (QED) is 0.806. The average Bonchev–Trinajstić information content (AvgIpc) is 2.37. The summed E-state index contributed by atoms with van der Waals surface area (Å²) in [6, 6.07) is -0.142. The molecule has 1 heterocycles. The molecule has 0 spiro atoms. The number of ether oxygens (including phenoxy) is 1. The molecule has 4 unspecified atom stereocenters. The van der Waals surface area contributed by atoms with E-state index in [-0.39, 0.29) is 23.5 Å². The first-order valence-electron chi connectivity index (χ1n) is 8.75. The Morgan fingerprint density at radius 3 is 2.62 bits per heavy atom. The summed E-state index contributed by atoms with van der Waals surface area (Å²) < 4.78 is 6.01. The van der Waals surface area contributed by atoms with E-state index in [2.05, 4.69) is 39.9 Å². The summed E-state index contributed by atoms with van der Waals surface area (Å²) in [5.74, 6) is 1.76. The van der Waals surface area contributed by atoms with Crippen LogP contribution in [0.5, 0.6) is 0 Å². The van der Waals surface area contributed by atoms with Gasteiger partial charge in [0.05, 0.1) is 0 Å². The van der Waals surface area contributed by atoms with E-state index in [4.69, 9.17) is 4.74 Å². The molecule has 0 amide bonds. The normalized spacial score (nSPS) is 36.5. The molecule has 4 atom stereocenters. The third-order valence-corrected chi connectivity index (χ3v) is 5.59. The van der Waals surface area contributed by atoms with Crippen LogP contribution in [0.2, 0.25) is 0 Å². The van der Waals surface area contributed by atoms with Gasteiger partial charge in [-0.2, -0.15) is 0 Å². The lowest BCUT2D eigenvalue weighted by atomic mass is 9.75. The van der Waals surface area contributed by atoms with Gasteiger partial charge in [-0.1, -0.05) is 41.0 Å². The molecule has 0 radical (unpaired) electrons. The molecule has 1 saturated carbocycles. The van der Waals surface area contributed by atoms with Crippen LogP contribution < -0.4 is 5.32 Å². The number of nitrogens with one attached hydrogen (secondary N) is 1. The zero-order chi connectivity index (χ0) is 15.6. The van der Waals surface area contributed by atoms with Gasteiger partial charge in [-0.05, 0) is 55.4 Å². The van der Waals surface area contributed by atoms with E-state index in [1.807, 2.05) is 0 Å². The molecule has 2 fully saturated rings. The lowest BCUT2D eigenvalue weighted by molar-refractivity contribution is -0.162. The Hall–Kier alpha value is -0.570. The number of esters is 1. The van der Waals surface area contributed by atoms with Crippen LogP contribution in [-0.2, 0) is 9.53 Å². The molecule has 1 aliphatic heterocycles. The molecule has 122 valence electrons. The van der Waals surface area contributed by atoms with Crippen molar-refractivity contribution in [3.8, 4) is 0 Å². The number of hydrogen-bond acceptors (Lipinski definition) is 3. The topological polar surface area (TPSA) is 38.3 Å². The molecular formula is C18H33NO2. The molecule has 3 nitrogen and oxygen atoms in total. The molecule has 0 aromatic heterocycles. The van der Waals surface area contributed by atoms with Gasteiger partial charge in [0.1, 0.15) is 12.1 Å². The van der Waals surface area contributed by atoms with Gasteiger partial charge in [0, 0.05) is 0 Å². The highest BCUT2D eigenvalue weighted by Crippen LogP contribution is 2.37. The second-order valence-corrected chi connectivity index (χ2v) is 8.28. The van der Waals surface area contributed by atoms with Gasteiger partial charge >= 0.3 is 5.97 Å². The zero-order valence-corrected chi connectivity index (χ0v) is 14.4. The fourth-order valence-electron chi connectivity index (χ4n) is 4.08. The standard InChI is InChI=1S/C18H33NO2/c1-12(2)14-8-7-13(3)11-15(14)21-17(20)16-18(4,5)9-6-10-19-16/h12-16,19H,6-11H2,1-5H3. The van der Waals surface area contributed by atoms with Crippen LogP contribution >= 0.6 is 0 Å². The highest BCUT2D eigenvalue weighted by atomic mass is 16.5. The molecule has 1 aliphatic carbocycles. The van der Waals surface area contributed by atoms with Crippen LogP contribution in [0, 0.1) is 23.2 Å². The monoisotopic (exact) mass is 295 g/mol. The van der Waals surface area contributed by atoms with Gasteiger partial charge in [-0.3, -0.25) is 4.79 Å². The Balaban J connectivity index is 2.02. The largest absolute Gasteiger partial charge is 0.461 e. The van der Waals surface area contributed by atoms with Crippen LogP contribution in [0.3, 0.4) is 0 Å². The third-order valence-electron chi connectivity index (χ3n) is 5.59. The Morgan fingerprint density at radius 2 is 2.00 bits per heavy atom. The Labute approximate surface area is 130 Å². The average molecular weight is 295 g/mol. The number of carbonyl (C=O) groups is 1. The van der Waals surface area contributed by atoms with Crippen molar-refractivity contribution < 1.29 is 9.53 Å². The van der Waals surface area contributed by atoms with Crippen LogP contribution in [0.15, 0.2) is 0 Å². The summed E-state index contributed by atoms with van der Waals surface area (Å²) in [5, 5.41) is 3.38. The zero-order valence-electron chi connectivity index (χ0n) is 14.4. The van der Waals surface area contributed by atoms with E-state index in [1.165, 1.54) is 12.8 Å². The Bertz CT molecular complexity index is 364. The van der Waals surface area contributed by atoms with Gasteiger partial charge in [0.25, 0.3) is 0 Å². The first-order valence-corrected chi connectivity index (χ1v) is 8.75. The lowest BCUT2D eigenvalue weighted by Gasteiger charge is -2.41. The van der Waals surface area contributed by atoms with Crippen molar-refractivity contribution in [1.82, 2.24) is 5.32 Å². The summed E-state index contributed by atoms with van der Waals surface area (Å²) in [5.41, 5.74) is 0.00292. The Kier molecular flexibility index (Phi) is 5.34. The molecule has 1 saturated heterocycles. The van der Waals surface area contributed by atoms with Crippen LogP contribution in [0.1, 0.15) is 66.7 Å². The SMILES string of the molecule is CC1CCC(C(C)C)C(OC(=O)C2NCCCC2(C)C)C1. The Morgan fingerprint density at radius 1 is 1.29 bits per heavy atom. The van der Waals surface area contributed by atoms with Gasteiger partial charge in [0.15, 0.2) is 0 Å². The molecule has 0 aromatic carbocycles. The molecule has 2 aliphatic rings. The number of piperidine rings is 1. The van der Waals surface area contributed by atoms with Crippen molar-refractivity contribution in [2.45, 2.75) is 78.9 Å². The van der Waals surface area contributed by atoms with Crippen molar-refractivity contribution in [2.75, 3.05) is 6.54 Å². The van der Waals surface area contributed by atoms with E-state index in [0.29, 0.717) is 17.8 Å². The maximum absolute atomic E-state index is 12.7. The smallest absolute Gasteiger partial charge is 0.323 e. The summed E-state index contributed by atoms with van der Waals surface area (Å²) in [4.78, 5) is 12.7. The van der Waals surface area contributed by atoms with Crippen LogP contribution in [0.25, 0.3) is 0 Å². The second kappa shape index (κ2) is 6.68. The van der Waals surface area contributed by atoms with Gasteiger partial charge in [-0.15, -0.1) is 0 Å². The molecule has 2 rings (SSSR count).